The summed E-state index contributed by atoms with van der Waals surface area (Å²) in [4.78, 5) is 44.9. The summed E-state index contributed by atoms with van der Waals surface area (Å²) in [6, 6.07) is 2.62. The van der Waals surface area contributed by atoms with E-state index < -0.39 is 40.7 Å². The number of rotatable bonds is 6. The minimum atomic E-state index is -0.789. The Bertz CT molecular complexity index is 1440. The number of nitrogens with zero attached hydrogens (tertiary/aromatic N) is 4. The van der Waals surface area contributed by atoms with E-state index in [1.165, 1.54) is 23.0 Å². The second kappa shape index (κ2) is 9.45. The smallest absolute Gasteiger partial charge is 0.274 e. The van der Waals surface area contributed by atoms with Gasteiger partial charge in [0.2, 0.25) is 5.43 Å². The Kier molecular flexibility index (Phi) is 6.48. The number of aromatic nitrogens is 2. The molecule has 3 aromatic rings. The van der Waals surface area contributed by atoms with Gasteiger partial charge in [0.1, 0.15) is 16.6 Å². The maximum atomic E-state index is 14.1. The molecule has 0 spiro atoms. The average molecular weight is 555 g/mol. The highest BCUT2D eigenvalue weighted by Crippen LogP contribution is 2.37. The van der Waals surface area contributed by atoms with Crippen molar-refractivity contribution in [2.75, 3.05) is 6.54 Å². The van der Waals surface area contributed by atoms with E-state index in [2.05, 4.69) is 4.98 Å². The number of fused-ring (bicyclic) bond motifs is 1. The van der Waals surface area contributed by atoms with Crippen LogP contribution in [0.1, 0.15) is 46.2 Å². The van der Waals surface area contributed by atoms with Gasteiger partial charge in [-0.3, -0.25) is 14.4 Å². The summed E-state index contributed by atoms with van der Waals surface area (Å²) in [6.07, 6.45) is 4.39. The molecule has 1 fully saturated rings. The Hall–Kier alpha value is -3.02. The summed E-state index contributed by atoms with van der Waals surface area (Å²) < 4.78 is 29.1. The van der Waals surface area contributed by atoms with Gasteiger partial charge in [0.15, 0.2) is 11.4 Å². The molecule has 36 heavy (non-hydrogen) atoms. The van der Waals surface area contributed by atoms with Crippen LogP contribution in [-0.4, -0.2) is 47.9 Å². The molecule has 1 atom stereocenters. The minimum Gasteiger partial charge on any atom is -0.503 e. The van der Waals surface area contributed by atoms with Crippen LogP contribution in [0.15, 0.2) is 35.4 Å². The summed E-state index contributed by atoms with van der Waals surface area (Å²) in [6.45, 7) is 0.179. The van der Waals surface area contributed by atoms with E-state index in [0.29, 0.717) is 8.82 Å². The van der Waals surface area contributed by atoms with Gasteiger partial charge in [-0.1, -0.05) is 6.07 Å². The minimum absolute atomic E-state index is 0.0190. The van der Waals surface area contributed by atoms with Crippen LogP contribution in [0.4, 0.5) is 8.78 Å². The molecule has 5 rings (SSSR count). The quantitative estimate of drug-likeness (QED) is 0.460. The zero-order chi connectivity index (χ0) is 25.7. The Morgan fingerprint density at radius 2 is 2.00 bits per heavy atom. The van der Waals surface area contributed by atoms with E-state index in [4.69, 9.17) is 23.6 Å². The molecule has 1 N–H and O–H groups in total. The molecule has 13 heteroatoms. The lowest BCUT2D eigenvalue weighted by Crippen LogP contribution is -2.46. The molecular weight excluding hydrogens is 537 g/mol. The van der Waals surface area contributed by atoms with Gasteiger partial charge in [0.25, 0.3) is 11.8 Å². The highest BCUT2D eigenvalue weighted by atomic mass is 35.5. The first-order chi connectivity index (χ1) is 17.1. The molecule has 0 radical (unpaired) electrons. The maximum absolute atomic E-state index is 14.1. The Morgan fingerprint density at radius 1 is 1.25 bits per heavy atom. The summed E-state index contributed by atoms with van der Waals surface area (Å²) in [5.41, 5.74) is -0.721. The third kappa shape index (κ3) is 4.58. The van der Waals surface area contributed by atoms with Crippen molar-refractivity contribution in [1.82, 2.24) is 18.4 Å². The average Bonchev–Trinajstić information content (AvgIpc) is 3.57. The molecule has 1 saturated carbocycles. The van der Waals surface area contributed by atoms with Crippen LogP contribution < -0.4 is 5.43 Å². The van der Waals surface area contributed by atoms with E-state index in [1.807, 2.05) is 0 Å². The van der Waals surface area contributed by atoms with Gasteiger partial charge in [0.05, 0.1) is 18.0 Å². The molecule has 1 aliphatic heterocycles. The van der Waals surface area contributed by atoms with Crippen molar-refractivity contribution in [3.63, 3.8) is 0 Å². The van der Waals surface area contributed by atoms with Crippen LogP contribution >= 0.6 is 34.9 Å². The lowest BCUT2D eigenvalue weighted by Gasteiger charge is -2.36. The predicted molar refractivity (Wildman–Crippen MR) is 129 cm³/mol. The molecule has 2 aromatic heterocycles. The largest absolute Gasteiger partial charge is 0.503 e. The molecule has 1 aromatic carbocycles. The standard InChI is InChI=1S/C23H18Cl2F2N4O4S/c24-31(25)18(32)7-14-9-30(13-3-4-13)23(35)19-21(34)20(33)16(10-29(14)19)22-28-8-15(36-22)5-11-1-2-12(26)6-17(11)27/h1-2,6,8,10,13-14,34H,3-5,7,9H2. The van der Waals surface area contributed by atoms with E-state index in [9.17, 15) is 28.3 Å². The zero-order valence-corrected chi connectivity index (χ0v) is 20.8. The maximum Gasteiger partial charge on any atom is 0.274 e. The van der Waals surface area contributed by atoms with Crippen molar-refractivity contribution in [1.29, 1.82) is 0 Å². The molecule has 0 bridgehead atoms. The number of hydrogen-bond donors (Lipinski definition) is 1. The second-order valence-corrected chi connectivity index (χ2v) is 10.7. The normalized spacial score (nSPS) is 17.3. The molecule has 2 amide bonds. The summed E-state index contributed by atoms with van der Waals surface area (Å²) in [7, 11) is 0. The van der Waals surface area contributed by atoms with Gasteiger partial charge in [0, 0.05) is 65.9 Å². The van der Waals surface area contributed by atoms with E-state index >= 15 is 0 Å². The van der Waals surface area contributed by atoms with Crippen molar-refractivity contribution in [2.24, 2.45) is 0 Å². The Morgan fingerprint density at radius 3 is 2.67 bits per heavy atom. The molecule has 2 aliphatic rings. The fourth-order valence-electron chi connectivity index (χ4n) is 4.31. The number of thiazole rings is 1. The van der Waals surface area contributed by atoms with Crippen LogP contribution in [0, 0.1) is 11.6 Å². The highest BCUT2D eigenvalue weighted by molar-refractivity contribution is 7.15. The predicted octanol–water partition coefficient (Wildman–Crippen LogP) is 4.23. The molecule has 0 saturated heterocycles. The molecule has 188 valence electrons. The molecular formula is C23H18Cl2F2N4O4S. The van der Waals surface area contributed by atoms with Crippen LogP contribution in [0.25, 0.3) is 10.6 Å². The summed E-state index contributed by atoms with van der Waals surface area (Å²) in [5.74, 6) is -3.24. The number of carbonyl (C=O) groups is 2. The van der Waals surface area contributed by atoms with Gasteiger partial charge >= 0.3 is 0 Å². The number of carbonyl (C=O) groups excluding carboxylic acids is 2. The van der Waals surface area contributed by atoms with Crippen LogP contribution in [0.2, 0.25) is 0 Å². The third-order valence-electron chi connectivity index (χ3n) is 6.22. The third-order valence-corrected chi connectivity index (χ3v) is 7.63. The van der Waals surface area contributed by atoms with E-state index in [1.54, 1.807) is 4.90 Å². The molecule has 1 aliphatic carbocycles. The van der Waals surface area contributed by atoms with Gasteiger partial charge in [-0.15, -0.1) is 11.3 Å². The SMILES string of the molecule is O=C(CC1CN(C2CC2)C(=O)c2c(O)c(=O)c(-c3ncc(Cc4ccc(F)cc4F)s3)cn21)N(Cl)Cl. The van der Waals surface area contributed by atoms with Crippen molar-refractivity contribution in [3.05, 3.63) is 68.6 Å². The second-order valence-electron chi connectivity index (χ2n) is 8.69. The van der Waals surface area contributed by atoms with E-state index in [0.717, 1.165) is 36.3 Å². The zero-order valence-electron chi connectivity index (χ0n) is 18.5. The number of hydrogen-bond acceptors (Lipinski definition) is 6. The molecule has 3 heterocycles. The van der Waals surface area contributed by atoms with Crippen LogP contribution in [0.5, 0.6) is 5.75 Å². The topological polar surface area (TPSA) is 95.7 Å². The number of pyridine rings is 1. The molecule has 8 nitrogen and oxygen atoms in total. The first-order valence-corrected chi connectivity index (χ1v) is 12.5. The monoisotopic (exact) mass is 554 g/mol. The van der Waals surface area contributed by atoms with Gasteiger partial charge < -0.3 is 14.6 Å². The lowest BCUT2D eigenvalue weighted by atomic mass is 10.0. The number of aromatic hydroxyl groups is 1. The summed E-state index contributed by atoms with van der Waals surface area (Å²) in [5, 5.41) is 11.0. The van der Waals surface area contributed by atoms with Crippen molar-refractivity contribution < 1.29 is 23.5 Å². The highest BCUT2D eigenvalue weighted by Gasteiger charge is 2.42. The first-order valence-electron chi connectivity index (χ1n) is 11.0. The van der Waals surface area contributed by atoms with Crippen molar-refractivity contribution in [3.8, 4) is 16.3 Å². The lowest BCUT2D eigenvalue weighted by molar-refractivity contribution is -0.124. The fourth-order valence-corrected chi connectivity index (χ4v) is 5.39. The molecule has 1 unspecified atom stereocenters. The first kappa shape index (κ1) is 24.7. The Labute approximate surface area is 217 Å². The van der Waals surface area contributed by atoms with Gasteiger partial charge in [-0.05, 0) is 24.5 Å². The van der Waals surface area contributed by atoms with Crippen molar-refractivity contribution >= 4 is 46.7 Å². The summed E-state index contributed by atoms with van der Waals surface area (Å²) >= 11 is 12.3. The van der Waals surface area contributed by atoms with Gasteiger partial charge in [-0.25, -0.2) is 13.8 Å². The van der Waals surface area contributed by atoms with Crippen LogP contribution in [0.3, 0.4) is 0 Å². The van der Waals surface area contributed by atoms with Gasteiger partial charge in [-0.2, -0.15) is 3.94 Å². The van der Waals surface area contributed by atoms with Crippen LogP contribution in [-0.2, 0) is 11.2 Å². The number of amides is 2. The van der Waals surface area contributed by atoms with E-state index in [-0.39, 0.29) is 47.3 Å². The number of benzene rings is 1. The van der Waals surface area contributed by atoms with Crippen molar-refractivity contribution in [2.45, 2.75) is 37.8 Å². The fraction of sp³-hybridized carbons (Fsp3) is 0.304. The Balaban J connectivity index is 1.54. The number of halogens is 4.